The first kappa shape index (κ1) is 18.6. The van der Waals surface area contributed by atoms with Crippen molar-refractivity contribution in [1.29, 1.82) is 0 Å². The molecule has 0 bridgehead atoms. The Bertz CT molecular complexity index is 940. The van der Waals surface area contributed by atoms with Crippen molar-refractivity contribution in [2.75, 3.05) is 12.4 Å². The lowest BCUT2D eigenvalue weighted by Gasteiger charge is -2.12. The maximum absolute atomic E-state index is 12.3. The number of nitrogens with zero attached hydrogens (tertiary/aromatic N) is 1. The van der Waals surface area contributed by atoms with E-state index >= 15 is 0 Å². The van der Waals surface area contributed by atoms with Crippen molar-refractivity contribution >= 4 is 28.3 Å². The number of carbonyl (C=O) groups is 2. The highest BCUT2D eigenvalue weighted by Gasteiger charge is 2.20. The Kier molecular flexibility index (Phi) is 5.83. The predicted octanol–water partition coefficient (Wildman–Crippen LogP) is 4.00. The molecule has 7 heteroatoms. The van der Waals surface area contributed by atoms with Crippen LogP contribution in [0.25, 0.3) is 11.3 Å². The van der Waals surface area contributed by atoms with E-state index in [0.717, 1.165) is 11.3 Å². The summed E-state index contributed by atoms with van der Waals surface area (Å²) in [4.78, 5) is 28.9. The van der Waals surface area contributed by atoms with Crippen LogP contribution in [0.2, 0.25) is 0 Å². The third kappa shape index (κ3) is 4.71. The van der Waals surface area contributed by atoms with Crippen LogP contribution in [0, 0.1) is 0 Å². The largest absolute Gasteiger partial charge is 0.497 e. The Hall–Kier alpha value is -3.19. The molecule has 3 aromatic rings. The SMILES string of the molecule is COc1cccc(C(=O)O[C@H](C)C(=O)Nc2nc(-c3ccccc3)cs2)c1. The van der Waals surface area contributed by atoms with Crippen molar-refractivity contribution in [3.8, 4) is 17.0 Å². The smallest absolute Gasteiger partial charge is 0.339 e. The summed E-state index contributed by atoms with van der Waals surface area (Å²) in [6.45, 7) is 1.51. The van der Waals surface area contributed by atoms with Crippen molar-refractivity contribution in [3.05, 3.63) is 65.5 Å². The van der Waals surface area contributed by atoms with Gasteiger partial charge in [-0.3, -0.25) is 10.1 Å². The molecule has 0 radical (unpaired) electrons. The Labute approximate surface area is 160 Å². The summed E-state index contributed by atoms with van der Waals surface area (Å²) in [6, 6.07) is 16.2. The predicted molar refractivity (Wildman–Crippen MR) is 104 cm³/mol. The third-order valence-electron chi connectivity index (χ3n) is 3.76. The highest BCUT2D eigenvalue weighted by molar-refractivity contribution is 7.14. The molecule has 0 saturated carbocycles. The van der Waals surface area contributed by atoms with Crippen molar-refractivity contribution in [2.45, 2.75) is 13.0 Å². The van der Waals surface area contributed by atoms with Gasteiger partial charge in [0.05, 0.1) is 18.4 Å². The van der Waals surface area contributed by atoms with Gasteiger partial charge in [-0.2, -0.15) is 0 Å². The van der Waals surface area contributed by atoms with Gasteiger partial charge in [0.2, 0.25) is 0 Å². The van der Waals surface area contributed by atoms with E-state index in [1.807, 2.05) is 35.7 Å². The molecule has 0 unspecified atom stereocenters. The van der Waals surface area contributed by atoms with Crippen LogP contribution in [-0.2, 0) is 9.53 Å². The molecule has 1 N–H and O–H groups in total. The highest BCUT2D eigenvalue weighted by Crippen LogP contribution is 2.24. The fourth-order valence-electron chi connectivity index (χ4n) is 2.31. The van der Waals surface area contributed by atoms with Gasteiger partial charge >= 0.3 is 5.97 Å². The number of carbonyl (C=O) groups excluding carboxylic acids is 2. The quantitative estimate of drug-likeness (QED) is 0.652. The fourth-order valence-corrected chi connectivity index (χ4v) is 3.03. The molecule has 1 heterocycles. The topological polar surface area (TPSA) is 77.5 Å². The Balaban J connectivity index is 1.61. The van der Waals surface area contributed by atoms with E-state index in [4.69, 9.17) is 9.47 Å². The molecule has 0 spiro atoms. The van der Waals surface area contributed by atoms with Crippen LogP contribution in [0.15, 0.2) is 60.0 Å². The molecule has 0 aliphatic rings. The number of aromatic nitrogens is 1. The van der Waals surface area contributed by atoms with Crippen LogP contribution in [0.1, 0.15) is 17.3 Å². The number of esters is 1. The van der Waals surface area contributed by atoms with Crippen molar-refractivity contribution < 1.29 is 19.1 Å². The molecule has 0 fully saturated rings. The average molecular weight is 382 g/mol. The molecule has 1 amide bonds. The zero-order valence-corrected chi connectivity index (χ0v) is 15.7. The normalized spacial score (nSPS) is 11.5. The monoisotopic (exact) mass is 382 g/mol. The first-order chi connectivity index (χ1) is 13.1. The van der Waals surface area contributed by atoms with Crippen LogP contribution in [0.3, 0.4) is 0 Å². The molecule has 138 valence electrons. The molecule has 6 nitrogen and oxygen atoms in total. The van der Waals surface area contributed by atoms with Crippen molar-refractivity contribution in [1.82, 2.24) is 4.98 Å². The lowest BCUT2D eigenvalue weighted by atomic mass is 10.2. The highest BCUT2D eigenvalue weighted by atomic mass is 32.1. The molecule has 0 aliphatic heterocycles. The Morgan fingerprint density at radius 2 is 1.89 bits per heavy atom. The van der Waals surface area contributed by atoms with Gasteiger partial charge in [-0.1, -0.05) is 36.4 Å². The minimum atomic E-state index is -0.965. The molecule has 1 aromatic heterocycles. The molecule has 3 rings (SSSR count). The zero-order valence-electron chi connectivity index (χ0n) is 14.8. The number of anilines is 1. The van der Waals surface area contributed by atoms with Crippen LogP contribution >= 0.6 is 11.3 Å². The van der Waals surface area contributed by atoms with Gasteiger partial charge < -0.3 is 9.47 Å². The van der Waals surface area contributed by atoms with Gasteiger partial charge in [0, 0.05) is 10.9 Å². The molecule has 27 heavy (non-hydrogen) atoms. The lowest BCUT2D eigenvalue weighted by Crippen LogP contribution is -2.30. The second-order valence-electron chi connectivity index (χ2n) is 5.67. The summed E-state index contributed by atoms with van der Waals surface area (Å²) < 4.78 is 10.3. The standard InChI is InChI=1S/C20H18N2O4S/c1-13(26-19(24)15-9-6-10-16(11-15)25-2)18(23)22-20-21-17(12-27-20)14-7-4-3-5-8-14/h3-13H,1-2H3,(H,21,22,23)/t13-/m1/s1. The first-order valence-electron chi connectivity index (χ1n) is 8.23. The minimum Gasteiger partial charge on any atom is -0.497 e. The van der Waals surface area contributed by atoms with Gasteiger partial charge in [0.1, 0.15) is 5.75 Å². The summed E-state index contributed by atoms with van der Waals surface area (Å²) in [5, 5.41) is 4.98. The summed E-state index contributed by atoms with van der Waals surface area (Å²) in [6.07, 6.45) is -0.965. The van der Waals surface area contributed by atoms with E-state index in [0.29, 0.717) is 16.4 Å². The molecule has 2 aromatic carbocycles. The van der Waals surface area contributed by atoms with E-state index in [1.54, 1.807) is 24.3 Å². The summed E-state index contributed by atoms with van der Waals surface area (Å²) in [5.74, 6) is -0.501. The number of hydrogen-bond acceptors (Lipinski definition) is 6. The molecule has 0 saturated heterocycles. The first-order valence-corrected chi connectivity index (χ1v) is 9.11. The fraction of sp³-hybridized carbons (Fsp3) is 0.150. The van der Waals surface area contributed by atoms with Gasteiger partial charge in [0.15, 0.2) is 11.2 Å². The second kappa shape index (κ2) is 8.46. The van der Waals surface area contributed by atoms with Gasteiger partial charge in [-0.15, -0.1) is 11.3 Å². The summed E-state index contributed by atoms with van der Waals surface area (Å²) in [5.41, 5.74) is 2.05. The zero-order chi connectivity index (χ0) is 19.2. The Morgan fingerprint density at radius 3 is 2.63 bits per heavy atom. The minimum absolute atomic E-state index is 0.314. The van der Waals surface area contributed by atoms with E-state index in [9.17, 15) is 9.59 Å². The third-order valence-corrected chi connectivity index (χ3v) is 4.52. The van der Waals surface area contributed by atoms with Crippen molar-refractivity contribution in [3.63, 3.8) is 0 Å². The van der Waals surface area contributed by atoms with Crippen LogP contribution in [0.5, 0.6) is 5.75 Å². The number of amides is 1. The van der Waals surface area contributed by atoms with Gasteiger partial charge in [-0.25, -0.2) is 9.78 Å². The van der Waals surface area contributed by atoms with Crippen molar-refractivity contribution in [2.24, 2.45) is 0 Å². The maximum atomic E-state index is 12.3. The molecular formula is C20H18N2O4S. The number of nitrogens with one attached hydrogen (secondary N) is 1. The van der Waals surface area contributed by atoms with Gasteiger partial charge in [0.25, 0.3) is 5.91 Å². The molecule has 0 aliphatic carbocycles. The van der Waals surface area contributed by atoms with E-state index in [1.165, 1.54) is 25.4 Å². The maximum Gasteiger partial charge on any atom is 0.339 e. The lowest BCUT2D eigenvalue weighted by molar-refractivity contribution is -0.123. The second-order valence-corrected chi connectivity index (χ2v) is 6.53. The van der Waals surface area contributed by atoms with Crippen LogP contribution in [-0.4, -0.2) is 30.1 Å². The summed E-state index contributed by atoms with van der Waals surface area (Å²) in [7, 11) is 1.51. The number of methoxy groups -OCH3 is 1. The van der Waals surface area contributed by atoms with Crippen LogP contribution in [0.4, 0.5) is 5.13 Å². The molecule has 1 atom stereocenters. The van der Waals surface area contributed by atoms with E-state index in [2.05, 4.69) is 10.3 Å². The average Bonchev–Trinajstić information content (AvgIpc) is 3.17. The number of benzene rings is 2. The van der Waals surface area contributed by atoms with E-state index < -0.39 is 18.0 Å². The van der Waals surface area contributed by atoms with Gasteiger partial charge in [-0.05, 0) is 25.1 Å². The number of thiazole rings is 1. The Morgan fingerprint density at radius 1 is 1.11 bits per heavy atom. The van der Waals surface area contributed by atoms with E-state index in [-0.39, 0.29) is 0 Å². The summed E-state index contributed by atoms with van der Waals surface area (Å²) >= 11 is 1.31. The molecular weight excluding hydrogens is 364 g/mol. The van der Waals surface area contributed by atoms with Crippen LogP contribution < -0.4 is 10.1 Å². The number of ether oxygens (including phenoxy) is 2. The number of rotatable bonds is 6. The number of hydrogen-bond donors (Lipinski definition) is 1.